The van der Waals surface area contributed by atoms with E-state index >= 15 is 0 Å². The number of carbonyl (C=O) groups is 1. The van der Waals surface area contributed by atoms with Crippen LogP contribution >= 0.6 is 11.6 Å². The quantitative estimate of drug-likeness (QED) is 0.910. The number of aryl methyl sites for hydroxylation is 1. The molecule has 110 valence electrons. The van der Waals surface area contributed by atoms with Crippen molar-refractivity contribution in [2.75, 3.05) is 5.32 Å². The normalized spacial score (nSPS) is 11.0. The average Bonchev–Trinajstić information content (AvgIpc) is 2.41. The van der Waals surface area contributed by atoms with Gasteiger partial charge in [0.1, 0.15) is 0 Å². The molecule has 5 nitrogen and oxygen atoms in total. The highest BCUT2D eigenvalue weighted by molar-refractivity contribution is 7.90. The fraction of sp³-hybridized carbons (Fsp3) is 0.0714. The highest BCUT2D eigenvalue weighted by atomic mass is 35.5. The third-order valence-electron chi connectivity index (χ3n) is 2.71. The van der Waals surface area contributed by atoms with Crippen molar-refractivity contribution in [3.63, 3.8) is 0 Å². The molecule has 0 aliphatic heterocycles. The van der Waals surface area contributed by atoms with Crippen LogP contribution in [0.5, 0.6) is 0 Å². The third kappa shape index (κ3) is 3.96. The van der Waals surface area contributed by atoms with Gasteiger partial charge in [0, 0.05) is 10.7 Å². The second kappa shape index (κ2) is 6.15. The molecule has 2 aromatic rings. The van der Waals surface area contributed by atoms with Crippen LogP contribution < -0.4 is 10.0 Å². The number of anilines is 1. The Morgan fingerprint density at radius 3 is 2.29 bits per heavy atom. The van der Waals surface area contributed by atoms with E-state index < -0.39 is 16.1 Å². The number of nitrogens with one attached hydrogen (secondary N) is 2. The zero-order valence-corrected chi connectivity index (χ0v) is 12.7. The van der Waals surface area contributed by atoms with E-state index in [-0.39, 0.29) is 4.90 Å². The number of rotatable bonds is 3. The van der Waals surface area contributed by atoms with Crippen molar-refractivity contribution in [2.24, 2.45) is 0 Å². The van der Waals surface area contributed by atoms with Crippen LogP contribution in [-0.4, -0.2) is 14.4 Å². The first-order chi connectivity index (χ1) is 9.88. The zero-order chi connectivity index (χ0) is 15.5. The molecule has 0 fully saturated rings. The number of benzene rings is 2. The van der Waals surface area contributed by atoms with Gasteiger partial charge in [0.25, 0.3) is 10.0 Å². The number of hydrogen-bond donors (Lipinski definition) is 2. The Morgan fingerprint density at radius 1 is 1.05 bits per heavy atom. The summed E-state index contributed by atoms with van der Waals surface area (Å²) in [5, 5.41) is 2.95. The Hall–Kier alpha value is -2.05. The molecule has 21 heavy (non-hydrogen) atoms. The summed E-state index contributed by atoms with van der Waals surface area (Å²) >= 11 is 5.73. The maximum absolute atomic E-state index is 12.1. The van der Waals surface area contributed by atoms with E-state index in [0.717, 1.165) is 0 Å². The van der Waals surface area contributed by atoms with Gasteiger partial charge in [0.15, 0.2) is 0 Å². The van der Waals surface area contributed by atoms with Crippen LogP contribution in [0.15, 0.2) is 53.4 Å². The van der Waals surface area contributed by atoms with E-state index in [1.165, 1.54) is 6.07 Å². The molecule has 2 amide bonds. The van der Waals surface area contributed by atoms with E-state index in [1.807, 2.05) is 4.72 Å². The summed E-state index contributed by atoms with van der Waals surface area (Å²) in [5.41, 5.74) is 1.00. The van der Waals surface area contributed by atoms with Gasteiger partial charge in [0.05, 0.1) is 4.90 Å². The Balaban J connectivity index is 2.12. The lowest BCUT2D eigenvalue weighted by Crippen LogP contribution is -2.34. The monoisotopic (exact) mass is 324 g/mol. The molecule has 0 unspecified atom stereocenters. The van der Waals surface area contributed by atoms with Gasteiger partial charge in [-0.2, -0.15) is 0 Å². The van der Waals surface area contributed by atoms with Gasteiger partial charge in [-0.05, 0) is 42.8 Å². The van der Waals surface area contributed by atoms with E-state index in [0.29, 0.717) is 16.3 Å². The second-order valence-corrected chi connectivity index (χ2v) is 6.42. The standard InChI is InChI=1S/C14H13ClN2O3S/c1-10-4-2-3-5-13(10)21(19,20)17-14(18)16-12-8-6-11(15)7-9-12/h2-9H,1H3,(H2,16,17,18). The molecule has 2 rings (SSSR count). The van der Waals surface area contributed by atoms with E-state index in [1.54, 1.807) is 49.4 Å². The van der Waals surface area contributed by atoms with Crippen LogP contribution in [0, 0.1) is 6.92 Å². The van der Waals surface area contributed by atoms with Crippen molar-refractivity contribution < 1.29 is 13.2 Å². The largest absolute Gasteiger partial charge is 0.333 e. The van der Waals surface area contributed by atoms with E-state index in [4.69, 9.17) is 11.6 Å². The van der Waals surface area contributed by atoms with Crippen molar-refractivity contribution in [3.8, 4) is 0 Å². The van der Waals surface area contributed by atoms with E-state index in [2.05, 4.69) is 5.32 Å². The molecule has 2 N–H and O–H groups in total. The molecular weight excluding hydrogens is 312 g/mol. The van der Waals surface area contributed by atoms with Crippen molar-refractivity contribution in [2.45, 2.75) is 11.8 Å². The molecular formula is C14H13ClN2O3S. The fourth-order valence-corrected chi connectivity index (χ4v) is 3.01. The number of halogens is 1. The Bertz CT molecular complexity index is 758. The molecule has 2 aromatic carbocycles. The zero-order valence-electron chi connectivity index (χ0n) is 11.1. The highest BCUT2D eigenvalue weighted by Gasteiger charge is 2.19. The first kappa shape index (κ1) is 15.3. The van der Waals surface area contributed by atoms with Crippen LogP contribution in [0.25, 0.3) is 0 Å². The van der Waals surface area contributed by atoms with Crippen molar-refractivity contribution in [3.05, 3.63) is 59.1 Å². The Labute approximate surface area is 128 Å². The molecule has 0 saturated heterocycles. The lowest BCUT2D eigenvalue weighted by Gasteiger charge is -2.10. The van der Waals surface area contributed by atoms with Crippen LogP contribution in [0.4, 0.5) is 10.5 Å². The van der Waals surface area contributed by atoms with Gasteiger partial charge < -0.3 is 5.32 Å². The van der Waals surface area contributed by atoms with Gasteiger partial charge in [-0.3, -0.25) is 0 Å². The highest BCUT2D eigenvalue weighted by Crippen LogP contribution is 2.15. The summed E-state index contributed by atoms with van der Waals surface area (Å²) in [6, 6.07) is 11.9. The molecule has 0 saturated carbocycles. The van der Waals surface area contributed by atoms with Gasteiger partial charge in [-0.15, -0.1) is 0 Å². The summed E-state index contributed by atoms with van der Waals surface area (Å²) in [4.78, 5) is 11.8. The van der Waals surface area contributed by atoms with Crippen LogP contribution in [-0.2, 0) is 10.0 Å². The van der Waals surface area contributed by atoms with Gasteiger partial charge in [0.2, 0.25) is 0 Å². The maximum Gasteiger partial charge on any atom is 0.333 e. The van der Waals surface area contributed by atoms with Gasteiger partial charge in [-0.1, -0.05) is 29.8 Å². The minimum Gasteiger partial charge on any atom is -0.307 e. The van der Waals surface area contributed by atoms with Crippen molar-refractivity contribution in [1.82, 2.24) is 4.72 Å². The maximum atomic E-state index is 12.1. The predicted molar refractivity (Wildman–Crippen MR) is 82.0 cm³/mol. The van der Waals surface area contributed by atoms with Crippen LogP contribution in [0.1, 0.15) is 5.56 Å². The molecule has 0 atom stereocenters. The minimum atomic E-state index is -3.91. The lowest BCUT2D eigenvalue weighted by atomic mass is 10.2. The summed E-state index contributed by atoms with van der Waals surface area (Å²) in [5.74, 6) is 0. The summed E-state index contributed by atoms with van der Waals surface area (Å²) in [6.45, 7) is 1.66. The topological polar surface area (TPSA) is 75.3 Å². The predicted octanol–water partition coefficient (Wildman–Crippen LogP) is 3.16. The van der Waals surface area contributed by atoms with Crippen LogP contribution in [0.3, 0.4) is 0 Å². The summed E-state index contributed by atoms with van der Waals surface area (Å²) in [7, 11) is -3.91. The average molecular weight is 325 g/mol. The number of urea groups is 1. The number of carbonyl (C=O) groups excluding carboxylic acids is 1. The number of amides is 2. The SMILES string of the molecule is Cc1ccccc1S(=O)(=O)NC(=O)Nc1ccc(Cl)cc1. The molecule has 0 spiro atoms. The Morgan fingerprint density at radius 2 is 1.67 bits per heavy atom. The fourth-order valence-electron chi connectivity index (χ4n) is 1.72. The van der Waals surface area contributed by atoms with E-state index in [9.17, 15) is 13.2 Å². The van der Waals surface area contributed by atoms with Crippen molar-refractivity contribution in [1.29, 1.82) is 0 Å². The first-order valence-electron chi connectivity index (χ1n) is 6.03. The molecule has 0 aliphatic carbocycles. The summed E-state index contributed by atoms with van der Waals surface area (Å²) in [6.07, 6.45) is 0. The molecule has 0 heterocycles. The Kier molecular flexibility index (Phi) is 4.50. The second-order valence-electron chi connectivity index (χ2n) is 4.33. The summed E-state index contributed by atoms with van der Waals surface area (Å²) < 4.78 is 26.2. The smallest absolute Gasteiger partial charge is 0.307 e. The first-order valence-corrected chi connectivity index (χ1v) is 7.89. The molecule has 0 radical (unpaired) electrons. The lowest BCUT2D eigenvalue weighted by molar-refractivity contribution is 0.256. The number of hydrogen-bond acceptors (Lipinski definition) is 3. The van der Waals surface area contributed by atoms with Crippen molar-refractivity contribution >= 4 is 33.3 Å². The molecule has 0 bridgehead atoms. The number of sulfonamides is 1. The molecule has 0 aromatic heterocycles. The minimum absolute atomic E-state index is 0.0660. The van der Waals surface area contributed by atoms with Gasteiger partial charge in [-0.25, -0.2) is 17.9 Å². The molecule has 0 aliphatic rings. The molecule has 7 heteroatoms. The van der Waals surface area contributed by atoms with Crippen LogP contribution in [0.2, 0.25) is 5.02 Å². The third-order valence-corrected chi connectivity index (χ3v) is 4.46. The van der Waals surface area contributed by atoms with Gasteiger partial charge >= 0.3 is 6.03 Å².